The van der Waals surface area contributed by atoms with Gasteiger partial charge in [0.25, 0.3) is 5.78 Å². The Morgan fingerprint density at radius 3 is 2.67 bits per heavy atom. The van der Waals surface area contributed by atoms with E-state index in [4.69, 9.17) is 0 Å². The van der Waals surface area contributed by atoms with Crippen LogP contribution in [0.1, 0.15) is 5.56 Å². The van der Waals surface area contributed by atoms with Crippen molar-refractivity contribution in [2.45, 2.75) is 12.6 Å². The Balaban J connectivity index is 1.72. The predicted octanol–water partition coefficient (Wildman–Crippen LogP) is 5.09. The Morgan fingerprint density at radius 1 is 1.10 bits per heavy atom. The van der Waals surface area contributed by atoms with E-state index in [0.29, 0.717) is 16.6 Å². The van der Waals surface area contributed by atoms with Crippen molar-refractivity contribution in [2.75, 3.05) is 5.32 Å². The van der Waals surface area contributed by atoms with E-state index in [-0.39, 0.29) is 17.7 Å². The maximum absolute atomic E-state index is 13.2. The van der Waals surface area contributed by atoms with Gasteiger partial charge < -0.3 is 10.4 Å². The number of allylic oxidation sites excluding steroid dienone is 1. The number of nitrogens with zero attached hydrogens (tertiary/aromatic N) is 1. The van der Waals surface area contributed by atoms with Gasteiger partial charge in [0.2, 0.25) is 0 Å². The molecular formula is C22H16F3N3O2. The monoisotopic (exact) mass is 411 g/mol. The Labute approximate surface area is 168 Å². The second-order valence-corrected chi connectivity index (χ2v) is 6.77. The zero-order chi connectivity index (χ0) is 21.3. The topological polar surface area (TPSA) is 78.0 Å². The Hall–Kier alpha value is -3.81. The molecular weight excluding hydrogens is 395 g/mol. The number of hydrogen-bond acceptors (Lipinski definition) is 4. The highest BCUT2D eigenvalue weighted by Gasteiger charge is 2.40. The van der Waals surface area contributed by atoms with E-state index in [1.165, 1.54) is 6.07 Å². The number of aromatic hydroxyl groups is 1. The first-order valence-electron chi connectivity index (χ1n) is 9.03. The van der Waals surface area contributed by atoms with Crippen molar-refractivity contribution in [2.24, 2.45) is 0 Å². The summed E-state index contributed by atoms with van der Waals surface area (Å²) >= 11 is 0. The van der Waals surface area contributed by atoms with E-state index in [9.17, 15) is 23.1 Å². The number of ketones is 1. The molecule has 0 radical (unpaired) electrons. The first-order valence-corrected chi connectivity index (χ1v) is 9.03. The predicted molar refractivity (Wildman–Crippen MR) is 108 cm³/mol. The molecule has 1 heterocycles. The average Bonchev–Trinajstić information content (AvgIpc) is 3.19. The number of alkyl halides is 3. The molecule has 1 aromatic heterocycles. The van der Waals surface area contributed by atoms with Gasteiger partial charge in [-0.25, -0.2) is 0 Å². The Kier molecular flexibility index (Phi) is 4.91. The van der Waals surface area contributed by atoms with Crippen molar-refractivity contribution in [3.8, 4) is 5.75 Å². The molecule has 0 amide bonds. The highest BCUT2D eigenvalue weighted by molar-refractivity contribution is 6.01. The van der Waals surface area contributed by atoms with E-state index >= 15 is 0 Å². The van der Waals surface area contributed by atoms with E-state index in [2.05, 4.69) is 15.5 Å². The lowest BCUT2D eigenvalue weighted by atomic mass is 9.95. The molecule has 3 N–H and O–H groups in total. The molecule has 0 aliphatic rings. The molecule has 3 aromatic carbocycles. The van der Waals surface area contributed by atoms with Crippen LogP contribution >= 0.6 is 0 Å². The fourth-order valence-corrected chi connectivity index (χ4v) is 3.28. The molecule has 30 heavy (non-hydrogen) atoms. The minimum absolute atomic E-state index is 0.173. The zero-order valence-corrected chi connectivity index (χ0v) is 15.5. The van der Waals surface area contributed by atoms with Crippen LogP contribution in [0.2, 0.25) is 0 Å². The highest BCUT2D eigenvalue weighted by atomic mass is 19.4. The normalized spacial score (nSPS) is 12.4. The van der Waals surface area contributed by atoms with E-state index in [0.717, 1.165) is 17.0 Å². The summed E-state index contributed by atoms with van der Waals surface area (Å²) < 4.78 is 39.6. The number of anilines is 1. The molecule has 8 heteroatoms. The summed E-state index contributed by atoms with van der Waals surface area (Å²) in [6.07, 6.45) is -2.77. The van der Waals surface area contributed by atoms with Gasteiger partial charge in [-0.1, -0.05) is 30.3 Å². The number of H-pyrrole nitrogens is 1. The van der Waals surface area contributed by atoms with Crippen LogP contribution in [0.4, 0.5) is 18.9 Å². The number of hydrogen-bond donors (Lipinski definition) is 3. The maximum Gasteiger partial charge on any atom is 0.454 e. The van der Waals surface area contributed by atoms with Gasteiger partial charge in [-0.3, -0.25) is 9.89 Å². The molecule has 0 saturated carbocycles. The van der Waals surface area contributed by atoms with Gasteiger partial charge >= 0.3 is 6.18 Å². The van der Waals surface area contributed by atoms with Crippen molar-refractivity contribution >= 4 is 33.1 Å². The summed E-state index contributed by atoms with van der Waals surface area (Å²) in [6, 6.07) is 15.1. The van der Waals surface area contributed by atoms with Gasteiger partial charge in [0.1, 0.15) is 5.75 Å². The number of nitrogens with one attached hydrogen (secondary N) is 2. The summed E-state index contributed by atoms with van der Waals surface area (Å²) in [5.74, 6) is -2.14. The van der Waals surface area contributed by atoms with Crippen molar-refractivity contribution in [1.29, 1.82) is 0 Å². The molecule has 0 bridgehead atoms. The lowest BCUT2D eigenvalue weighted by Crippen LogP contribution is -2.26. The molecule has 5 nitrogen and oxygen atoms in total. The summed E-state index contributed by atoms with van der Waals surface area (Å²) in [4.78, 5) is 12.1. The van der Waals surface area contributed by atoms with Crippen molar-refractivity contribution in [1.82, 2.24) is 10.2 Å². The molecule has 0 spiro atoms. The molecule has 152 valence electrons. The largest absolute Gasteiger partial charge is 0.508 e. The number of fused-ring (bicyclic) bond motifs is 2. The second kappa shape index (κ2) is 7.55. The Morgan fingerprint density at radius 2 is 1.87 bits per heavy atom. The molecule has 0 fully saturated rings. The van der Waals surface area contributed by atoms with E-state index < -0.39 is 17.5 Å². The van der Waals surface area contributed by atoms with Crippen LogP contribution in [0.25, 0.3) is 21.7 Å². The lowest BCUT2D eigenvalue weighted by Gasteiger charge is -2.14. The first-order chi connectivity index (χ1) is 14.3. The minimum atomic E-state index is -5.04. The standard InChI is InChI=1S/C22H16F3N3O2/c23-22(24,25)21(30)15(11-26-16-7-5-14-12-27-28-19(14)10-16)9-18-17-4-2-1-3-13(17)6-8-20(18)29/h1-8,10-12,26,29H,9H2,(H,27,28)/b15-11+. The molecule has 4 rings (SSSR count). The van der Waals surface area contributed by atoms with Crippen LogP contribution in [0.5, 0.6) is 5.75 Å². The highest BCUT2D eigenvalue weighted by Crippen LogP contribution is 2.31. The minimum Gasteiger partial charge on any atom is -0.508 e. The van der Waals surface area contributed by atoms with Crippen molar-refractivity contribution in [3.63, 3.8) is 0 Å². The average molecular weight is 411 g/mol. The number of carbonyl (C=O) groups excluding carboxylic acids is 1. The molecule has 0 aliphatic heterocycles. The summed E-state index contributed by atoms with van der Waals surface area (Å²) in [5, 5.41) is 21.9. The van der Waals surface area contributed by atoms with Crippen molar-refractivity contribution in [3.05, 3.63) is 78.1 Å². The molecule has 0 atom stereocenters. The number of rotatable bonds is 5. The van der Waals surface area contributed by atoms with Gasteiger partial charge in [0.15, 0.2) is 0 Å². The van der Waals surface area contributed by atoms with Crippen LogP contribution in [0, 0.1) is 0 Å². The number of phenols is 1. The molecule has 0 saturated heterocycles. The lowest BCUT2D eigenvalue weighted by molar-refractivity contribution is -0.166. The van der Waals surface area contributed by atoms with Gasteiger partial charge in [0.05, 0.1) is 11.7 Å². The fraction of sp³-hybridized carbons (Fsp3) is 0.0909. The summed E-state index contributed by atoms with van der Waals surface area (Å²) in [5.41, 5.74) is 0.923. The van der Waals surface area contributed by atoms with Crippen LogP contribution in [-0.2, 0) is 11.2 Å². The number of benzene rings is 3. The third-order valence-electron chi connectivity index (χ3n) is 4.79. The number of halogens is 3. The van der Waals surface area contributed by atoms with Gasteiger partial charge in [-0.15, -0.1) is 0 Å². The van der Waals surface area contributed by atoms with E-state index in [1.807, 2.05) is 0 Å². The number of aromatic amines is 1. The molecule has 0 aliphatic carbocycles. The third kappa shape index (κ3) is 3.84. The smallest absolute Gasteiger partial charge is 0.454 e. The molecule has 4 aromatic rings. The van der Waals surface area contributed by atoms with Gasteiger partial charge in [0, 0.05) is 34.8 Å². The van der Waals surface area contributed by atoms with Crippen LogP contribution in [0.3, 0.4) is 0 Å². The number of Topliss-reactive ketones (excluding diaryl/α,β-unsaturated/α-hetero) is 1. The van der Waals surface area contributed by atoms with Crippen molar-refractivity contribution < 1.29 is 23.1 Å². The second-order valence-electron chi connectivity index (χ2n) is 6.77. The summed E-state index contributed by atoms with van der Waals surface area (Å²) in [7, 11) is 0. The third-order valence-corrected chi connectivity index (χ3v) is 4.79. The summed E-state index contributed by atoms with van der Waals surface area (Å²) in [6.45, 7) is 0. The molecule has 0 unspecified atom stereocenters. The van der Waals surface area contributed by atoms with Crippen LogP contribution in [0.15, 0.2) is 72.6 Å². The Bertz CT molecular complexity index is 1280. The first kappa shape index (κ1) is 19.5. The number of carbonyl (C=O) groups is 1. The number of aromatic nitrogens is 2. The maximum atomic E-state index is 13.2. The van der Waals surface area contributed by atoms with Gasteiger partial charge in [-0.05, 0) is 35.0 Å². The van der Waals surface area contributed by atoms with E-state index in [1.54, 1.807) is 54.7 Å². The fourth-order valence-electron chi connectivity index (χ4n) is 3.28. The van der Waals surface area contributed by atoms with Crippen LogP contribution < -0.4 is 5.32 Å². The number of phenolic OH excluding ortho intramolecular Hbond substituents is 1. The van der Waals surface area contributed by atoms with Gasteiger partial charge in [-0.2, -0.15) is 18.3 Å². The zero-order valence-electron chi connectivity index (χ0n) is 15.5. The quantitative estimate of drug-likeness (QED) is 0.400. The SMILES string of the molecule is O=C(/C(=C/Nc1ccc2cn[nH]c2c1)Cc1c(O)ccc2ccccc12)C(F)(F)F. The van der Waals surface area contributed by atoms with Crippen LogP contribution in [-0.4, -0.2) is 27.3 Å².